The molecule has 38 heavy (non-hydrogen) atoms. The molecule has 10 nitrogen and oxygen atoms in total. The maximum absolute atomic E-state index is 13.5. The average molecular weight is 543 g/mol. The molecular weight excluding hydrogens is 519 g/mol. The number of fused-ring (bicyclic) bond motifs is 1. The van der Waals surface area contributed by atoms with Crippen molar-refractivity contribution >= 4 is 38.6 Å². The molecule has 0 radical (unpaired) electrons. The van der Waals surface area contributed by atoms with Crippen molar-refractivity contribution in [3.05, 3.63) is 77.1 Å². The number of carboxylic acid groups (broad SMARTS) is 1. The number of amides is 1. The molecule has 1 aromatic heterocycles. The first-order valence-electron chi connectivity index (χ1n) is 11.1. The fourth-order valence-corrected chi connectivity index (χ4v) is 4.32. The maximum atomic E-state index is 13.5. The number of phenols is 1. The molecule has 0 fully saturated rings. The van der Waals surface area contributed by atoms with Gasteiger partial charge in [0.25, 0.3) is 5.91 Å². The summed E-state index contributed by atoms with van der Waals surface area (Å²) in [5, 5.41) is 22.0. The lowest BCUT2D eigenvalue weighted by Crippen LogP contribution is -2.25. The quantitative estimate of drug-likeness (QED) is 0.303. The van der Waals surface area contributed by atoms with E-state index in [2.05, 4.69) is 5.32 Å². The van der Waals surface area contributed by atoms with E-state index in [0.717, 1.165) is 10.6 Å². The van der Waals surface area contributed by atoms with Gasteiger partial charge < -0.3 is 24.7 Å². The number of carbonyl (C=O) groups is 2. The van der Waals surface area contributed by atoms with Crippen LogP contribution in [0.2, 0.25) is 0 Å². The van der Waals surface area contributed by atoms with Crippen LogP contribution in [-0.2, 0) is 16.6 Å². The molecule has 0 spiro atoms. The highest BCUT2D eigenvalue weighted by atomic mass is 32.2. The second-order valence-electron chi connectivity index (χ2n) is 8.38. The van der Waals surface area contributed by atoms with Crippen LogP contribution in [0, 0.1) is 5.82 Å². The number of sulfonamides is 1. The molecule has 1 heterocycles. The molecule has 4 aromatic rings. The second-order valence-corrected chi connectivity index (χ2v) is 10.4. The van der Waals surface area contributed by atoms with Gasteiger partial charge in [0, 0.05) is 31.1 Å². The van der Waals surface area contributed by atoms with Gasteiger partial charge in [0.15, 0.2) is 0 Å². The van der Waals surface area contributed by atoms with Crippen molar-refractivity contribution in [2.24, 2.45) is 0 Å². The van der Waals surface area contributed by atoms with Crippen LogP contribution in [0.1, 0.15) is 26.3 Å². The van der Waals surface area contributed by atoms with Crippen LogP contribution in [0.3, 0.4) is 0 Å². The molecular formula is C26H23FN2O8S. The number of hydrogen-bond acceptors (Lipinski definition) is 7. The Morgan fingerprint density at radius 2 is 1.79 bits per heavy atom. The van der Waals surface area contributed by atoms with E-state index in [1.165, 1.54) is 68.7 Å². The number of ether oxygens (including phenoxy) is 1. The molecule has 198 valence electrons. The molecule has 0 atom stereocenters. The fourth-order valence-electron chi connectivity index (χ4n) is 3.82. The first-order valence-corrected chi connectivity index (χ1v) is 13.0. The Hall–Kier alpha value is -4.58. The van der Waals surface area contributed by atoms with Gasteiger partial charge >= 0.3 is 5.97 Å². The molecule has 0 saturated heterocycles. The number of aromatic hydroxyl groups is 1. The van der Waals surface area contributed by atoms with Crippen molar-refractivity contribution in [2.45, 2.75) is 6.61 Å². The topological polar surface area (TPSA) is 146 Å². The number of carbonyl (C=O) groups excluding carboxylic acids is 1. The van der Waals surface area contributed by atoms with Crippen molar-refractivity contribution in [1.29, 1.82) is 0 Å². The Morgan fingerprint density at radius 3 is 2.37 bits per heavy atom. The number of hydrogen-bond donors (Lipinski definition) is 3. The largest absolute Gasteiger partial charge is 0.507 e. The summed E-state index contributed by atoms with van der Waals surface area (Å²) >= 11 is 0. The van der Waals surface area contributed by atoms with Crippen molar-refractivity contribution in [3.63, 3.8) is 0 Å². The standard InChI is InChI=1S/C26H23FN2O8S/c1-28-25(31)23-18-11-22(36-13-14-4-9-17(26(32)33)20(30)10-14)19(29(2)38(3,34)35)12-21(18)37-24(23)15-5-7-16(27)8-6-15/h4-12,30H,13H2,1-3H3,(H,28,31)(H,32,33). The van der Waals surface area contributed by atoms with Crippen LogP contribution in [0.5, 0.6) is 11.5 Å². The molecule has 0 bridgehead atoms. The minimum absolute atomic E-state index is 0.0730. The summed E-state index contributed by atoms with van der Waals surface area (Å²) in [5.41, 5.74) is 0.978. The summed E-state index contributed by atoms with van der Waals surface area (Å²) in [6, 6.07) is 12.1. The third-order valence-electron chi connectivity index (χ3n) is 5.85. The number of rotatable bonds is 8. The molecule has 0 aliphatic carbocycles. The van der Waals surface area contributed by atoms with Gasteiger partial charge in [-0.2, -0.15) is 0 Å². The average Bonchev–Trinajstić information content (AvgIpc) is 3.24. The Morgan fingerprint density at radius 1 is 1.11 bits per heavy atom. The van der Waals surface area contributed by atoms with Crippen molar-refractivity contribution in [1.82, 2.24) is 5.32 Å². The van der Waals surface area contributed by atoms with Crippen LogP contribution in [0.25, 0.3) is 22.3 Å². The molecule has 0 aliphatic rings. The fraction of sp³-hybridized carbons (Fsp3) is 0.154. The first kappa shape index (κ1) is 26.5. The van der Waals surface area contributed by atoms with E-state index in [-0.39, 0.29) is 40.5 Å². The van der Waals surface area contributed by atoms with E-state index in [1.807, 2.05) is 0 Å². The molecule has 0 aliphatic heterocycles. The summed E-state index contributed by atoms with van der Waals surface area (Å²) in [4.78, 5) is 24.0. The zero-order chi connectivity index (χ0) is 27.8. The lowest BCUT2D eigenvalue weighted by molar-refractivity contribution is 0.0693. The summed E-state index contributed by atoms with van der Waals surface area (Å²) in [6.45, 7) is -0.165. The molecule has 3 N–H and O–H groups in total. The molecule has 3 aromatic carbocycles. The summed E-state index contributed by atoms with van der Waals surface area (Å²) in [6.07, 6.45) is 1.01. The number of nitrogens with zero attached hydrogens (tertiary/aromatic N) is 1. The minimum Gasteiger partial charge on any atom is -0.507 e. The lowest BCUT2D eigenvalue weighted by Gasteiger charge is -2.20. The number of anilines is 1. The minimum atomic E-state index is -3.75. The summed E-state index contributed by atoms with van der Waals surface area (Å²) < 4.78 is 51.1. The molecule has 4 rings (SSSR count). The number of furan rings is 1. The number of benzene rings is 3. The van der Waals surface area contributed by atoms with Crippen LogP contribution in [0.4, 0.5) is 10.1 Å². The van der Waals surface area contributed by atoms with Crippen molar-refractivity contribution in [3.8, 4) is 22.8 Å². The van der Waals surface area contributed by atoms with Gasteiger partial charge in [-0.25, -0.2) is 17.6 Å². The SMILES string of the molecule is CNC(=O)c1c(-c2ccc(F)cc2)oc2cc(N(C)S(C)(=O)=O)c(OCc3ccc(C(=O)O)c(O)c3)cc12. The first-order chi connectivity index (χ1) is 17.9. The van der Waals surface area contributed by atoms with Gasteiger partial charge in [-0.3, -0.25) is 9.10 Å². The monoisotopic (exact) mass is 542 g/mol. The van der Waals surface area contributed by atoms with Gasteiger partial charge in [-0.1, -0.05) is 6.07 Å². The van der Waals surface area contributed by atoms with Crippen LogP contribution in [0.15, 0.2) is 59.0 Å². The zero-order valence-electron chi connectivity index (χ0n) is 20.5. The van der Waals surface area contributed by atoms with E-state index in [0.29, 0.717) is 16.5 Å². The lowest BCUT2D eigenvalue weighted by atomic mass is 10.0. The second kappa shape index (κ2) is 10.1. The van der Waals surface area contributed by atoms with Crippen LogP contribution >= 0.6 is 0 Å². The highest BCUT2D eigenvalue weighted by Crippen LogP contribution is 2.41. The molecule has 1 amide bonds. The Balaban J connectivity index is 1.87. The van der Waals surface area contributed by atoms with E-state index in [4.69, 9.17) is 14.3 Å². The van der Waals surface area contributed by atoms with Crippen molar-refractivity contribution < 1.29 is 41.8 Å². The van der Waals surface area contributed by atoms with E-state index in [9.17, 15) is 27.5 Å². The van der Waals surface area contributed by atoms with E-state index in [1.54, 1.807) is 0 Å². The Labute approximate surface area is 216 Å². The maximum Gasteiger partial charge on any atom is 0.339 e. The smallest absolute Gasteiger partial charge is 0.339 e. The predicted octanol–water partition coefficient (Wildman–Crippen LogP) is 3.98. The predicted molar refractivity (Wildman–Crippen MR) is 138 cm³/mol. The molecule has 0 saturated carbocycles. The Bertz CT molecular complexity index is 1660. The highest BCUT2D eigenvalue weighted by Gasteiger charge is 2.26. The normalized spacial score (nSPS) is 11.4. The summed E-state index contributed by atoms with van der Waals surface area (Å²) in [7, 11) is -0.991. The van der Waals surface area contributed by atoms with Crippen LogP contribution in [-0.4, -0.2) is 50.9 Å². The number of nitrogens with one attached hydrogen (secondary N) is 1. The van der Waals surface area contributed by atoms with E-state index >= 15 is 0 Å². The summed E-state index contributed by atoms with van der Waals surface area (Å²) in [5.74, 6) is -2.49. The number of carboxylic acids is 1. The number of aromatic carboxylic acids is 1. The van der Waals surface area contributed by atoms with Crippen LogP contribution < -0.4 is 14.4 Å². The molecule has 12 heteroatoms. The third kappa shape index (κ3) is 5.11. The molecule has 0 unspecified atom stereocenters. The van der Waals surface area contributed by atoms with Gasteiger partial charge in [0.2, 0.25) is 10.0 Å². The highest BCUT2D eigenvalue weighted by molar-refractivity contribution is 7.92. The van der Waals surface area contributed by atoms with Gasteiger partial charge in [0.05, 0.1) is 17.5 Å². The Kier molecular flexibility index (Phi) is 7.01. The van der Waals surface area contributed by atoms with Gasteiger partial charge in [-0.15, -0.1) is 0 Å². The van der Waals surface area contributed by atoms with Gasteiger partial charge in [0.1, 0.15) is 40.8 Å². The zero-order valence-corrected chi connectivity index (χ0v) is 21.3. The van der Waals surface area contributed by atoms with E-state index < -0.39 is 33.5 Å². The van der Waals surface area contributed by atoms with Gasteiger partial charge in [-0.05, 0) is 48.0 Å². The van der Waals surface area contributed by atoms with Crippen molar-refractivity contribution in [2.75, 3.05) is 24.7 Å². The third-order valence-corrected chi connectivity index (χ3v) is 7.05. The number of halogens is 1.